The number of rotatable bonds is 9. The second-order valence-corrected chi connectivity index (χ2v) is 4.26. The molecule has 0 aliphatic rings. The van der Waals surface area contributed by atoms with Crippen LogP contribution in [0.4, 0.5) is 0 Å². The lowest BCUT2D eigenvalue weighted by atomic mass is 10.3. The van der Waals surface area contributed by atoms with E-state index in [0.29, 0.717) is 0 Å². The molecule has 0 aliphatic heterocycles. The Kier molecular flexibility index (Phi) is 7.60. The van der Waals surface area contributed by atoms with Crippen molar-refractivity contribution in [2.75, 3.05) is 32.7 Å². The topological polar surface area (TPSA) is 28.2 Å². The number of nitrogens with one attached hydrogen (secondary N) is 1. The molecule has 3 nitrogen and oxygen atoms in total. The minimum Gasteiger partial charge on any atom is -0.315 e. The average molecular weight is 235 g/mol. The summed E-state index contributed by atoms with van der Waals surface area (Å²) in [6, 6.07) is 6.08. The van der Waals surface area contributed by atoms with Crippen molar-refractivity contribution in [3.63, 3.8) is 0 Å². The van der Waals surface area contributed by atoms with Crippen molar-refractivity contribution >= 4 is 0 Å². The Morgan fingerprint density at radius 2 is 2.06 bits per heavy atom. The van der Waals surface area contributed by atoms with Gasteiger partial charge in [-0.15, -0.1) is 0 Å². The Hall–Kier alpha value is -0.930. The summed E-state index contributed by atoms with van der Waals surface area (Å²) in [6.45, 7) is 10.0. The van der Waals surface area contributed by atoms with Gasteiger partial charge in [-0.25, -0.2) is 0 Å². The van der Waals surface area contributed by atoms with E-state index in [1.54, 1.807) is 0 Å². The Morgan fingerprint density at radius 3 is 2.71 bits per heavy atom. The van der Waals surface area contributed by atoms with Gasteiger partial charge < -0.3 is 10.2 Å². The van der Waals surface area contributed by atoms with Gasteiger partial charge in [-0.3, -0.25) is 4.98 Å². The molecular weight excluding hydrogens is 210 g/mol. The summed E-state index contributed by atoms with van der Waals surface area (Å²) >= 11 is 0. The van der Waals surface area contributed by atoms with Gasteiger partial charge in [0.25, 0.3) is 0 Å². The summed E-state index contributed by atoms with van der Waals surface area (Å²) in [4.78, 5) is 6.79. The molecule has 0 atom stereocenters. The number of nitrogens with zero attached hydrogens (tertiary/aromatic N) is 2. The zero-order chi connectivity index (χ0) is 12.3. The lowest BCUT2D eigenvalue weighted by molar-refractivity contribution is 0.288. The van der Waals surface area contributed by atoms with Crippen molar-refractivity contribution in [1.29, 1.82) is 0 Å². The average Bonchev–Trinajstić information content (AvgIpc) is 2.38. The quantitative estimate of drug-likeness (QED) is 0.663. The van der Waals surface area contributed by atoms with Crippen LogP contribution in [0.3, 0.4) is 0 Å². The molecule has 0 spiro atoms. The van der Waals surface area contributed by atoms with Crippen molar-refractivity contribution in [1.82, 2.24) is 15.2 Å². The molecule has 1 heterocycles. The van der Waals surface area contributed by atoms with Gasteiger partial charge in [0.1, 0.15) is 0 Å². The molecule has 0 fully saturated rings. The van der Waals surface area contributed by atoms with Gasteiger partial charge in [0.15, 0.2) is 0 Å². The normalized spacial score (nSPS) is 11.0. The van der Waals surface area contributed by atoms with Crippen LogP contribution in [0.5, 0.6) is 0 Å². The van der Waals surface area contributed by atoms with Gasteiger partial charge in [0.2, 0.25) is 0 Å². The van der Waals surface area contributed by atoms with Crippen LogP contribution >= 0.6 is 0 Å². The molecule has 0 aliphatic carbocycles. The molecule has 1 aromatic rings. The standard InChI is InChI=1S/C14H25N3/c1-3-12-17(4-2)13-11-15-10-8-14-7-5-6-9-16-14/h5-7,9,15H,3-4,8,10-13H2,1-2H3. The monoisotopic (exact) mass is 235 g/mol. The second-order valence-electron chi connectivity index (χ2n) is 4.26. The zero-order valence-corrected chi connectivity index (χ0v) is 11.2. The highest BCUT2D eigenvalue weighted by molar-refractivity contribution is 5.03. The van der Waals surface area contributed by atoms with Crippen molar-refractivity contribution in [2.45, 2.75) is 26.7 Å². The molecule has 0 unspecified atom stereocenters. The molecule has 0 radical (unpaired) electrons. The van der Waals surface area contributed by atoms with Crippen LogP contribution in [-0.2, 0) is 6.42 Å². The van der Waals surface area contributed by atoms with Crippen LogP contribution in [0, 0.1) is 0 Å². The smallest absolute Gasteiger partial charge is 0.0416 e. The van der Waals surface area contributed by atoms with Gasteiger partial charge in [-0.2, -0.15) is 0 Å². The Balaban J connectivity index is 2.04. The van der Waals surface area contributed by atoms with Gasteiger partial charge in [-0.05, 0) is 31.6 Å². The number of pyridine rings is 1. The molecule has 0 aromatic carbocycles. The SMILES string of the molecule is CCCN(CC)CCNCCc1ccccn1. The van der Waals surface area contributed by atoms with E-state index >= 15 is 0 Å². The number of hydrogen-bond acceptors (Lipinski definition) is 3. The van der Waals surface area contributed by atoms with E-state index in [1.807, 2.05) is 18.3 Å². The zero-order valence-electron chi connectivity index (χ0n) is 11.2. The highest BCUT2D eigenvalue weighted by atomic mass is 15.1. The maximum atomic E-state index is 4.31. The van der Waals surface area contributed by atoms with Gasteiger partial charge >= 0.3 is 0 Å². The van der Waals surface area contributed by atoms with Crippen LogP contribution in [-0.4, -0.2) is 42.6 Å². The molecule has 96 valence electrons. The first-order chi connectivity index (χ1) is 8.36. The van der Waals surface area contributed by atoms with Crippen LogP contribution in [0.1, 0.15) is 26.0 Å². The molecule has 1 aromatic heterocycles. The maximum absolute atomic E-state index is 4.31. The first-order valence-electron chi connectivity index (χ1n) is 6.69. The molecule has 3 heteroatoms. The number of likely N-dealkylation sites (N-methyl/N-ethyl adjacent to an activating group) is 1. The Morgan fingerprint density at radius 1 is 1.18 bits per heavy atom. The molecule has 0 saturated carbocycles. The highest BCUT2D eigenvalue weighted by Gasteiger charge is 1.99. The highest BCUT2D eigenvalue weighted by Crippen LogP contribution is 1.93. The Labute approximate surface area is 105 Å². The van der Waals surface area contributed by atoms with Gasteiger partial charge in [0.05, 0.1) is 0 Å². The third-order valence-corrected chi connectivity index (χ3v) is 2.88. The first kappa shape index (κ1) is 14.1. The van der Waals surface area contributed by atoms with Crippen molar-refractivity contribution < 1.29 is 0 Å². The predicted octanol–water partition coefficient (Wildman–Crippen LogP) is 1.95. The molecule has 17 heavy (non-hydrogen) atoms. The van der Waals surface area contributed by atoms with E-state index in [1.165, 1.54) is 18.7 Å². The number of hydrogen-bond donors (Lipinski definition) is 1. The lowest BCUT2D eigenvalue weighted by Gasteiger charge is -2.19. The van der Waals surface area contributed by atoms with E-state index in [-0.39, 0.29) is 0 Å². The summed E-state index contributed by atoms with van der Waals surface area (Å²) in [7, 11) is 0. The van der Waals surface area contributed by atoms with Crippen LogP contribution in [0.15, 0.2) is 24.4 Å². The predicted molar refractivity (Wildman–Crippen MR) is 73.2 cm³/mol. The minimum absolute atomic E-state index is 1.01. The minimum atomic E-state index is 1.01. The van der Waals surface area contributed by atoms with Crippen LogP contribution in [0.2, 0.25) is 0 Å². The van der Waals surface area contributed by atoms with E-state index in [0.717, 1.165) is 32.6 Å². The van der Waals surface area contributed by atoms with Gasteiger partial charge in [0, 0.05) is 37.9 Å². The van der Waals surface area contributed by atoms with Crippen LogP contribution < -0.4 is 5.32 Å². The maximum Gasteiger partial charge on any atom is 0.0416 e. The second kappa shape index (κ2) is 9.14. The largest absolute Gasteiger partial charge is 0.315 e. The third-order valence-electron chi connectivity index (χ3n) is 2.88. The molecule has 1 rings (SSSR count). The van der Waals surface area contributed by atoms with Crippen LogP contribution in [0.25, 0.3) is 0 Å². The fraction of sp³-hybridized carbons (Fsp3) is 0.643. The van der Waals surface area contributed by atoms with Crippen molar-refractivity contribution in [3.05, 3.63) is 30.1 Å². The van der Waals surface area contributed by atoms with Gasteiger partial charge in [-0.1, -0.05) is 19.9 Å². The molecule has 0 saturated heterocycles. The third kappa shape index (κ3) is 6.39. The molecule has 0 amide bonds. The first-order valence-corrected chi connectivity index (χ1v) is 6.69. The van der Waals surface area contributed by atoms with E-state index in [2.05, 4.69) is 35.1 Å². The summed E-state index contributed by atoms with van der Waals surface area (Å²) in [5, 5.41) is 3.48. The van der Waals surface area contributed by atoms with Crippen molar-refractivity contribution in [2.24, 2.45) is 0 Å². The summed E-state index contributed by atoms with van der Waals surface area (Å²) in [5.74, 6) is 0. The Bertz CT molecular complexity index is 274. The fourth-order valence-corrected chi connectivity index (χ4v) is 1.87. The summed E-state index contributed by atoms with van der Waals surface area (Å²) in [5.41, 5.74) is 1.17. The molecular formula is C14H25N3. The van der Waals surface area contributed by atoms with Crippen molar-refractivity contribution in [3.8, 4) is 0 Å². The summed E-state index contributed by atoms with van der Waals surface area (Å²) < 4.78 is 0. The molecule has 1 N–H and O–H groups in total. The number of aromatic nitrogens is 1. The van der Waals surface area contributed by atoms with E-state index in [4.69, 9.17) is 0 Å². The lowest BCUT2D eigenvalue weighted by Crippen LogP contribution is -2.33. The fourth-order valence-electron chi connectivity index (χ4n) is 1.87. The summed E-state index contributed by atoms with van der Waals surface area (Å²) in [6.07, 6.45) is 4.11. The van der Waals surface area contributed by atoms with E-state index in [9.17, 15) is 0 Å². The van der Waals surface area contributed by atoms with E-state index < -0.39 is 0 Å². The molecule has 0 bridgehead atoms.